The van der Waals surface area contributed by atoms with Crippen LogP contribution in [0.3, 0.4) is 0 Å². The molecule has 13 heteroatoms. The zero-order valence-electron chi connectivity index (χ0n) is 17.3. The minimum atomic E-state index is -0.764. The van der Waals surface area contributed by atoms with Gasteiger partial charge in [-0.1, -0.05) is 6.07 Å². The summed E-state index contributed by atoms with van der Waals surface area (Å²) < 4.78 is 25.1. The second-order valence-corrected chi connectivity index (χ2v) is 7.60. The van der Waals surface area contributed by atoms with E-state index in [0.29, 0.717) is 0 Å². The van der Waals surface area contributed by atoms with Crippen molar-refractivity contribution in [2.24, 2.45) is 5.73 Å². The summed E-state index contributed by atoms with van der Waals surface area (Å²) in [4.78, 5) is 40.2. The number of benzene rings is 1. The van der Waals surface area contributed by atoms with E-state index in [1.54, 1.807) is 0 Å². The molecule has 11 nitrogen and oxygen atoms in total. The van der Waals surface area contributed by atoms with Gasteiger partial charge in [-0.15, -0.1) is 0 Å². The summed E-state index contributed by atoms with van der Waals surface area (Å²) in [5.74, 6) is -2.21. The number of rotatable bonds is 7. The molecule has 1 aromatic carbocycles. The topological polar surface area (TPSA) is 154 Å². The Kier molecular flexibility index (Phi) is 6.19. The molecule has 0 radical (unpaired) electrons. The molecule has 3 N–H and O–H groups in total. The van der Waals surface area contributed by atoms with Crippen molar-refractivity contribution >= 4 is 40.8 Å². The Morgan fingerprint density at radius 1 is 1.32 bits per heavy atom. The van der Waals surface area contributed by atoms with Gasteiger partial charge in [-0.25, -0.2) is 14.2 Å². The molecule has 0 bridgehead atoms. The summed E-state index contributed by atoms with van der Waals surface area (Å²) in [7, 11) is 0. The van der Waals surface area contributed by atoms with Crippen molar-refractivity contribution < 1.29 is 28.1 Å². The van der Waals surface area contributed by atoms with Crippen LogP contribution in [0.25, 0.3) is 11.3 Å². The fourth-order valence-electron chi connectivity index (χ4n) is 3.32. The lowest BCUT2D eigenvalue weighted by Crippen LogP contribution is -2.37. The van der Waals surface area contributed by atoms with E-state index in [1.807, 2.05) is 0 Å². The number of cyclic esters (lactones) is 1. The third-order valence-corrected chi connectivity index (χ3v) is 5.04. The Hall–Kier alpha value is -4.39. The second-order valence-electron chi connectivity index (χ2n) is 7.16. The first-order valence-corrected chi connectivity index (χ1v) is 10.2. The van der Waals surface area contributed by atoms with Crippen molar-refractivity contribution in [2.45, 2.75) is 6.10 Å². The smallest absolute Gasteiger partial charge is 0.433 e. The van der Waals surface area contributed by atoms with E-state index in [9.17, 15) is 24.1 Å². The van der Waals surface area contributed by atoms with Crippen LogP contribution in [-0.4, -0.2) is 46.1 Å². The van der Waals surface area contributed by atoms with E-state index in [2.05, 4.69) is 10.3 Å². The number of amides is 1. The van der Waals surface area contributed by atoms with E-state index in [0.717, 1.165) is 12.1 Å². The molecule has 1 saturated heterocycles. The molecule has 1 aliphatic rings. The molecule has 0 saturated carbocycles. The van der Waals surface area contributed by atoms with Crippen LogP contribution in [0.2, 0.25) is 0 Å². The van der Waals surface area contributed by atoms with Crippen LogP contribution in [0.15, 0.2) is 52.9 Å². The van der Waals surface area contributed by atoms with E-state index in [-0.39, 0.29) is 46.6 Å². The van der Waals surface area contributed by atoms with Crippen molar-refractivity contribution in [2.75, 3.05) is 18.0 Å². The lowest BCUT2D eigenvalue weighted by atomic mass is 10.1. The molecule has 1 aliphatic heterocycles. The number of aromatic nitrogens is 1. The van der Waals surface area contributed by atoms with Gasteiger partial charge in [0.25, 0.3) is 0 Å². The molecular formula is C21H16FN5O6S. The van der Waals surface area contributed by atoms with E-state index in [4.69, 9.17) is 27.1 Å². The zero-order chi connectivity index (χ0) is 24.4. The number of carbonyl (C=O) groups excluding carboxylic acids is 2. The van der Waals surface area contributed by atoms with Crippen molar-refractivity contribution in [3.05, 3.63) is 75.9 Å². The molecule has 4 rings (SSSR count). The third-order valence-electron chi connectivity index (χ3n) is 4.90. The summed E-state index contributed by atoms with van der Waals surface area (Å²) >= 11 is 4.73. The average Bonchev–Trinajstić information content (AvgIpc) is 3.44. The van der Waals surface area contributed by atoms with Crippen LogP contribution < -0.4 is 16.0 Å². The molecule has 0 unspecified atom stereocenters. The number of ketones is 1. The molecule has 3 aromatic rings. The molecule has 0 aliphatic carbocycles. The summed E-state index contributed by atoms with van der Waals surface area (Å²) in [6, 6.07) is 10.7. The Labute approximate surface area is 196 Å². The highest BCUT2D eigenvalue weighted by Crippen LogP contribution is 2.29. The fourth-order valence-corrected chi connectivity index (χ4v) is 3.40. The van der Waals surface area contributed by atoms with Gasteiger partial charge >= 0.3 is 12.0 Å². The van der Waals surface area contributed by atoms with Crippen molar-refractivity contribution in [1.82, 2.24) is 10.3 Å². The van der Waals surface area contributed by atoms with E-state index in [1.165, 1.54) is 41.3 Å². The molecule has 3 heterocycles. The van der Waals surface area contributed by atoms with Crippen LogP contribution in [0.5, 0.6) is 0 Å². The Morgan fingerprint density at radius 2 is 2.12 bits per heavy atom. The van der Waals surface area contributed by atoms with E-state index < -0.39 is 34.6 Å². The normalized spacial score (nSPS) is 15.1. The summed E-state index contributed by atoms with van der Waals surface area (Å²) in [6.45, 7) is 0.395. The maximum Gasteiger partial charge on any atom is 0.433 e. The van der Waals surface area contributed by atoms with Crippen molar-refractivity contribution in [1.29, 1.82) is 0 Å². The predicted molar refractivity (Wildman–Crippen MR) is 121 cm³/mol. The number of hydrogen-bond acceptors (Lipinski definition) is 8. The average molecular weight is 485 g/mol. The van der Waals surface area contributed by atoms with Crippen molar-refractivity contribution in [3.63, 3.8) is 0 Å². The minimum Gasteiger partial charge on any atom is -0.442 e. The lowest BCUT2D eigenvalue weighted by molar-refractivity contribution is -0.402. The first-order valence-electron chi connectivity index (χ1n) is 9.80. The van der Waals surface area contributed by atoms with E-state index >= 15 is 0 Å². The number of hydrogen-bond donors (Lipinski definition) is 2. The highest BCUT2D eigenvalue weighted by atomic mass is 32.1. The number of carbonyl (C=O) groups is 2. The molecule has 1 amide bonds. The number of nitrogens with two attached hydrogens (primary N) is 1. The maximum atomic E-state index is 15.0. The standard InChI is InChI=1S/C21H16FN5O6S/c22-14-8-11(26-10-12(32-21(26)29)9-24-20(23)34)4-5-13(14)15-2-1-3-16(25-15)19(28)17-6-7-18(33-17)27(30)31/h1-8,12H,9-10H2,(H3,23,24,34)/t12-/m0/s1. The summed E-state index contributed by atoms with van der Waals surface area (Å²) in [5.41, 5.74) is 5.81. The maximum absolute atomic E-state index is 15.0. The number of thiocarbonyl (C=S) groups is 1. The minimum absolute atomic E-state index is 0.0726. The highest BCUT2D eigenvalue weighted by Gasteiger charge is 2.32. The van der Waals surface area contributed by atoms with Crippen LogP contribution in [0.1, 0.15) is 16.2 Å². The Morgan fingerprint density at radius 3 is 2.79 bits per heavy atom. The number of ether oxygens (including phenoxy) is 1. The third kappa shape index (κ3) is 4.68. The molecule has 2 aromatic heterocycles. The number of nitrogens with one attached hydrogen (secondary N) is 1. The molecule has 174 valence electrons. The number of nitro groups is 1. The monoisotopic (exact) mass is 485 g/mol. The van der Waals surface area contributed by atoms with Gasteiger partial charge < -0.3 is 20.2 Å². The molecular weight excluding hydrogens is 469 g/mol. The van der Waals surface area contributed by atoms with Crippen LogP contribution in [0, 0.1) is 15.9 Å². The number of halogens is 1. The Balaban J connectivity index is 1.54. The SMILES string of the molecule is NC(=S)NC[C@H]1CN(c2ccc(-c3cccc(C(=O)c4ccc([N+](=O)[O-])o4)n3)c(F)c2)C(=O)O1. The predicted octanol–water partition coefficient (Wildman–Crippen LogP) is 2.78. The van der Waals surface area contributed by atoms with Gasteiger partial charge in [-0.2, -0.15) is 0 Å². The van der Waals surface area contributed by atoms with Crippen molar-refractivity contribution in [3.8, 4) is 11.3 Å². The van der Waals surface area contributed by atoms with Crippen LogP contribution >= 0.6 is 12.2 Å². The first kappa shape index (κ1) is 22.8. The molecule has 34 heavy (non-hydrogen) atoms. The highest BCUT2D eigenvalue weighted by molar-refractivity contribution is 7.80. The molecule has 1 fully saturated rings. The van der Waals surface area contributed by atoms with Gasteiger partial charge in [-0.3, -0.25) is 19.8 Å². The van der Waals surface area contributed by atoms with Crippen LogP contribution in [0.4, 0.5) is 20.8 Å². The molecule has 1 atom stereocenters. The van der Waals surface area contributed by atoms with Gasteiger partial charge in [-0.05, 0) is 48.6 Å². The van der Waals surface area contributed by atoms with Gasteiger partial charge in [0.1, 0.15) is 22.5 Å². The fraction of sp³-hybridized carbons (Fsp3) is 0.143. The molecule has 0 spiro atoms. The second kappa shape index (κ2) is 9.23. The zero-order valence-corrected chi connectivity index (χ0v) is 18.1. The lowest BCUT2D eigenvalue weighted by Gasteiger charge is -2.14. The first-order chi connectivity index (χ1) is 16.2. The summed E-state index contributed by atoms with van der Waals surface area (Å²) in [5, 5.41) is 13.6. The number of nitrogens with zero attached hydrogens (tertiary/aromatic N) is 3. The number of pyridine rings is 1. The van der Waals surface area contributed by atoms with Gasteiger partial charge in [0, 0.05) is 5.56 Å². The van der Waals surface area contributed by atoms with Gasteiger partial charge in [0.2, 0.25) is 5.78 Å². The van der Waals surface area contributed by atoms with Gasteiger partial charge in [0.05, 0.1) is 30.5 Å². The largest absolute Gasteiger partial charge is 0.442 e. The summed E-state index contributed by atoms with van der Waals surface area (Å²) in [6.07, 6.45) is -1.15. The quantitative estimate of drug-likeness (QED) is 0.221. The Bertz CT molecular complexity index is 1310. The number of anilines is 1. The van der Waals surface area contributed by atoms with Crippen LogP contribution in [-0.2, 0) is 4.74 Å². The number of furan rings is 1. The van der Waals surface area contributed by atoms with Gasteiger partial charge in [0.15, 0.2) is 10.9 Å².